The van der Waals surface area contributed by atoms with Crippen LogP contribution in [0.2, 0.25) is 0 Å². The molecule has 0 nitrogen and oxygen atoms in total. The van der Waals surface area contributed by atoms with E-state index in [1.165, 1.54) is 22.3 Å². The van der Waals surface area contributed by atoms with Crippen LogP contribution in [0, 0.1) is 0 Å². The molecule has 0 N–H and O–H groups in total. The topological polar surface area (TPSA) is 0 Å². The summed E-state index contributed by atoms with van der Waals surface area (Å²) in [7, 11) is 0. The maximum atomic E-state index is 3.81. The van der Waals surface area contributed by atoms with Gasteiger partial charge in [0.15, 0.2) is 0 Å². The predicted molar refractivity (Wildman–Crippen MR) is 94.4 cm³/mol. The van der Waals surface area contributed by atoms with Gasteiger partial charge in [-0.25, -0.2) is 0 Å². The molecule has 0 amide bonds. The lowest BCUT2D eigenvalue weighted by Crippen LogP contribution is -2.20. The molecule has 2 aromatic carbocycles. The molecule has 2 heteroatoms. The van der Waals surface area contributed by atoms with Crippen molar-refractivity contribution in [1.82, 2.24) is 0 Å². The Hall–Kier alpha value is -0.860. The quantitative estimate of drug-likeness (QED) is 0.557. The van der Waals surface area contributed by atoms with Crippen LogP contribution < -0.4 is 0 Å². The van der Waals surface area contributed by atoms with Gasteiger partial charge in [0.1, 0.15) is 0 Å². The van der Waals surface area contributed by atoms with E-state index < -0.39 is 0 Å². The number of allylic oxidation sites excluding steroid dienone is 2. The fourth-order valence-corrected chi connectivity index (χ4v) is 3.78. The van der Waals surface area contributed by atoms with Crippen molar-refractivity contribution in [2.45, 2.75) is 22.5 Å². The molecule has 0 bridgehead atoms. The molecule has 0 saturated carbocycles. The summed E-state index contributed by atoms with van der Waals surface area (Å²) in [5.74, 6) is 0. The Balaban J connectivity index is 2.12. The van der Waals surface area contributed by atoms with Gasteiger partial charge in [0.2, 0.25) is 0 Å². The van der Waals surface area contributed by atoms with E-state index in [2.05, 4.69) is 92.5 Å². The van der Waals surface area contributed by atoms with Crippen molar-refractivity contribution in [2.24, 2.45) is 0 Å². The summed E-state index contributed by atoms with van der Waals surface area (Å²) in [6.07, 6.45) is 2.12. The van der Waals surface area contributed by atoms with Crippen molar-refractivity contribution in [1.29, 1.82) is 0 Å². The van der Waals surface area contributed by atoms with E-state index in [1.807, 2.05) is 0 Å². The van der Waals surface area contributed by atoms with Crippen molar-refractivity contribution >= 4 is 43.0 Å². The van der Waals surface area contributed by atoms with Gasteiger partial charge in [-0.3, -0.25) is 0 Å². The second-order valence-corrected chi connectivity index (χ2v) is 7.48. The largest absolute Gasteiger partial charge is 0.0875 e. The molecule has 0 aromatic heterocycles. The lowest BCUT2D eigenvalue weighted by atomic mass is 9.84. The van der Waals surface area contributed by atoms with Crippen LogP contribution in [0.3, 0.4) is 0 Å². The first-order chi connectivity index (χ1) is 9.75. The standard InChI is InChI=1S/C18H16Br2/c19-17-11-15(13-7-3-1-4-8-13)16(12-18(17)20)14-9-5-2-6-10-14/h1-10,17-18H,11-12H2. The molecule has 0 aliphatic heterocycles. The Kier molecular flexibility index (Phi) is 4.42. The molecule has 2 atom stereocenters. The summed E-state index contributed by atoms with van der Waals surface area (Å²) in [6.45, 7) is 0. The van der Waals surface area contributed by atoms with Crippen LogP contribution in [0.25, 0.3) is 11.1 Å². The molecular formula is C18H16Br2. The molecule has 102 valence electrons. The zero-order valence-corrected chi connectivity index (χ0v) is 14.3. The van der Waals surface area contributed by atoms with Crippen molar-refractivity contribution in [2.75, 3.05) is 0 Å². The zero-order chi connectivity index (χ0) is 13.9. The fourth-order valence-electron chi connectivity index (χ4n) is 2.75. The van der Waals surface area contributed by atoms with Crippen LogP contribution in [0.5, 0.6) is 0 Å². The molecule has 0 saturated heterocycles. The monoisotopic (exact) mass is 390 g/mol. The van der Waals surface area contributed by atoms with Crippen molar-refractivity contribution in [3.05, 3.63) is 71.8 Å². The van der Waals surface area contributed by atoms with Gasteiger partial charge in [0, 0.05) is 9.65 Å². The van der Waals surface area contributed by atoms with Gasteiger partial charge < -0.3 is 0 Å². The number of hydrogen-bond donors (Lipinski definition) is 0. The van der Waals surface area contributed by atoms with E-state index in [4.69, 9.17) is 0 Å². The first-order valence-electron chi connectivity index (χ1n) is 6.86. The highest BCUT2D eigenvalue weighted by Gasteiger charge is 2.27. The third kappa shape index (κ3) is 2.91. The maximum Gasteiger partial charge on any atom is 0.0314 e. The number of halogens is 2. The van der Waals surface area contributed by atoms with Crippen LogP contribution >= 0.6 is 31.9 Å². The normalized spacial score (nSPS) is 22.9. The smallest absolute Gasteiger partial charge is 0.0314 e. The van der Waals surface area contributed by atoms with E-state index in [9.17, 15) is 0 Å². The molecule has 0 radical (unpaired) electrons. The molecular weight excluding hydrogens is 376 g/mol. The van der Waals surface area contributed by atoms with Crippen LogP contribution in [-0.4, -0.2) is 9.65 Å². The Labute approximate surface area is 137 Å². The van der Waals surface area contributed by atoms with Crippen molar-refractivity contribution < 1.29 is 0 Å². The molecule has 3 rings (SSSR count). The lowest BCUT2D eigenvalue weighted by Gasteiger charge is -2.29. The van der Waals surface area contributed by atoms with Crippen LogP contribution in [-0.2, 0) is 0 Å². The highest BCUT2D eigenvalue weighted by Crippen LogP contribution is 2.42. The van der Waals surface area contributed by atoms with E-state index in [0.29, 0.717) is 9.65 Å². The SMILES string of the molecule is BrC1CC(c2ccccc2)=C(c2ccccc2)CC1Br. The number of alkyl halides is 2. The van der Waals surface area contributed by atoms with Crippen LogP contribution in [0.1, 0.15) is 24.0 Å². The molecule has 1 aliphatic rings. The summed E-state index contributed by atoms with van der Waals surface area (Å²) < 4.78 is 0. The van der Waals surface area contributed by atoms with Gasteiger partial charge in [-0.05, 0) is 35.1 Å². The van der Waals surface area contributed by atoms with Crippen molar-refractivity contribution in [3.63, 3.8) is 0 Å². The first-order valence-corrected chi connectivity index (χ1v) is 8.70. The van der Waals surface area contributed by atoms with Crippen LogP contribution in [0.15, 0.2) is 60.7 Å². The highest BCUT2D eigenvalue weighted by atomic mass is 79.9. The summed E-state index contributed by atoms with van der Waals surface area (Å²) in [5.41, 5.74) is 5.62. The summed E-state index contributed by atoms with van der Waals surface area (Å²) in [5, 5.41) is 0. The number of benzene rings is 2. The second-order valence-electron chi connectivity index (χ2n) is 5.13. The minimum absolute atomic E-state index is 0.491. The fraction of sp³-hybridized carbons (Fsp3) is 0.222. The van der Waals surface area contributed by atoms with Crippen molar-refractivity contribution in [3.8, 4) is 0 Å². The lowest BCUT2D eigenvalue weighted by molar-refractivity contribution is 0.813. The highest BCUT2D eigenvalue weighted by molar-refractivity contribution is 9.12. The minimum Gasteiger partial charge on any atom is -0.0875 e. The molecule has 0 fully saturated rings. The molecule has 2 aromatic rings. The maximum absolute atomic E-state index is 3.81. The molecule has 1 aliphatic carbocycles. The summed E-state index contributed by atoms with van der Waals surface area (Å²) in [4.78, 5) is 0.982. The predicted octanol–water partition coefficient (Wildman–Crippen LogP) is 5.92. The Morgan fingerprint density at radius 1 is 0.600 bits per heavy atom. The third-order valence-corrected chi connectivity index (χ3v) is 6.43. The van der Waals surface area contributed by atoms with Gasteiger partial charge in [0.05, 0.1) is 0 Å². The van der Waals surface area contributed by atoms with Gasteiger partial charge in [-0.15, -0.1) is 0 Å². The van der Waals surface area contributed by atoms with Gasteiger partial charge >= 0.3 is 0 Å². The van der Waals surface area contributed by atoms with Crippen LogP contribution in [0.4, 0.5) is 0 Å². The van der Waals surface area contributed by atoms with Gasteiger partial charge in [0.25, 0.3) is 0 Å². The third-order valence-electron chi connectivity index (χ3n) is 3.80. The zero-order valence-electron chi connectivity index (χ0n) is 11.1. The van der Waals surface area contributed by atoms with E-state index >= 15 is 0 Å². The molecule has 0 spiro atoms. The van der Waals surface area contributed by atoms with E-state index in [-0.39, 0.29) is 0 Å². The number of rotatable bonds is 2. The van der Waals surface area contributed by atoms with E-state index in [0.717, 1.165) is 12.8 Å². The average Bonchev–Trinajstić information content (AvgIpc) is 2.51. The summed E-state index contributed by atoms with van der Waals surface area (Å²) in [6, 6.07) is 21.5. The molecule has 2 unspecified atom stereocenters. The molecule has 20 heavy (non-hydrogen) atoms. The number of hydrogen-bond acceptors (Lipinski definition) is 0. The Morgan fingerprint density at radius 2 is 0.950 bits per heavy atom. The Bertz CT molecular complexity index is 546. The first kappa shape index (κ1) is 14.1. The average molecular weight is 392 g/mol. The van der Waals surface area contributed by atoms with Gasteiger partial charge in [-0.2, -0.15) is 0 Å². The summed E-state index contributed by atoms with van der Waals surface area (Å²) >= 11 is 7.62. The second kappa shape index (κ2) is 6.28. The Morgan fingerprint density at radius 3 is 1.30 bits per heavy atom. The minimum atomic E-state index is 0.491. The van der Waals surface area contributed by atoms with E-state index in [1.54, 1.807) is 0 Å². The van der Waals surface area contributed by atoms with Gasteiger partial charge in [-0.1, -0.05) is 92.5 Å². The molecule has 0 heterocycles.